The molecule has 1 aromatic rings. The standard InChI is InChI=1S/C22H28N2O2/c25-20(24-7-3-4-8-24)18-5-1-2-6-19(18)23-21(26)22-12-15-9-16(13-22)11-17(10-15)14-22/h1-2,5-6,15-17H,3-4,7-14H2,(H,23,26). The molecule has 4 aliphatic carbocycles. The molecule has 0 aromatic heterocycles. The lowest BCUT2D eigenvalue weighted by molar-refractivity contribution is -0.140. The number of carbonyl (C=O) groups excluding carboxylic acids is 2. The smallest absolute Gasteiger partial charge is 0.255 e. The number of hydrogen-bond donors (Lipinski definition) is 1. The van der Waals surface area contributed by atoms with Crippen molar-refractivity contribution in [1.29, 1.82) is 0 Å². The molecule has 4 bridgehead atoms. The quantitative estimate of drug-likeness (QED) is 0.891. The molecule has 0 radical (unpaired) electrons. The molecule has 0 atom stereocenters. The summed E-state index contributed by atoms with van der Waals surface area (Å²) in [5.41, 5.74) is 1.16. The Morgan fingerprint density at radius 2 is 1.50 bits per heavy atom. The van der Waals surface area contributed by atoms with Crippen molar-refractivity contribution in [1.82, 2.24) is 4.90 Å². The lowest BCUT2D eigenvalue weighted by Crippen LogP contribution is -2.51. The molecule has 0 unspecified atom stereocenters. The average molecular weight is 352 g/mol. The molecule has 4 nitrogen and oxygen atoms in total. The van der Waals surface area contributed by atoms with Gasteiger partial charge in [0.1, 0.15) is 0 Å². The average Bonchev–Trinajstić information content (AvgIpc) is 3.15. The van der Waals surface area contributed by atoms with Crippen LogP contribution in [-0.2, 0) is 4.79 Å². The van der Waals surface area contributed by atoms with E-state index in [9.17, 15) is 9.59 Å². The van der Waals surface area contributed by atoms with Crippen molar-refractivity contribution in [2.75, 3.05) is 18.4 Å². The van der Waals surface area contributed by atoms with Crippen molar-refractivity contribution in [2.24, 2.45) is 23.2 Å². The van der Waals surface area contributed by atoms with Crippen LogP contribution in [0.25, 0.3) is 0 Å². The second-order valence-corrected chi connectivity index (χ2v) is 9.20. The molecular formula is C22H28N2O2. The summed E-state index contributed by atoms with van der Waals surface area (Å²) < 4.78 is 0. The van der Waals surface area contributed by atoms with E-state index in [-0.39, 0.29) is 17.2 Å². The zero-order chi connectivity index (χ0) is 17.7. The lowest BCUT2D eigenvalue weighted by atomic mass is 9.49. The van der Waals surface area contributed by atoms with Crippen LogP contribution in [0.2, 0.25) is 0 Å². The summed E-state index contributed by atoms with van der Waals surface area (Å²) in [4.78, 5) is 28.1. The van der Waals surface area contributed by atoms with Crippen molar-refractivity contribution in [2.45, 2.75) is 51.4 Å². The number of nitrogens with zero attached hydrogens (tertiary/aromatic N) is 1. The molecule has 4 heteroatoms. The number of para-hydroxylation sites is 1. The first kappa shape index (κ1) is 16.3. The van der Waals surface area contributed by atoms with Gasteiger partial charge in [-0.1, -0.05) is 12.1 Å². The third-order valence-corrected chi connectivity index (χ3v) is 7.32. The van der Waals surface area contributed by atoms with Crippen LogP contribution in [0.1, 0.15) is 61.7 Å². The number of nitrogens with one attached hydrogen (secondary N) is 1. The van der Waals surface area contributed by atoms with E-state index in [0.717, 1.165) is 62.9 Å². The van der Waals surface area contributed by atoms with E-state index in [0.29, 0.717) is 11.3 Å². The Kier molecular flexibility index (Phi) is 3.84. The number of benzene rings is 1. The van der Waals surface area contributed by atoms with E-state index >= 15 is 0 Å². The first-order chi connectivity index (χ1) is 12.6. The first-order valence-corrected chi connectivity index (χ1v) is 10.3. The minimum absolute atomic E-state index is 0.0592. The highest BCUT2D eigenvalue weighted by atomic mass is 16.2. The van der Waals surface area contributed by atoms with Gasteiger partial charge in [-0.3, -0.25) is 9.59 Å². The largest absolute Gasteiger partial charge is 0.339 e. The van der Waals surface area contributed by atoms with Gasteiger partial charge in [-0.25, -0.2) is 0 Å². The van der Waals surface area contributed by atoms with E-state index in [1.165, 1.54) is 19.3 Å². The molecule has 5 aliphatic rings. The topological polar surface area (TPSA) is 49.4 Å². The Bertz CT molecular complexity index is 700. The van der Waals surface area contributed by atoms with Crippen molar-refractivity contribution in [3.05, 3.63) is 29.8 Å². The molecule has 5 fully saturated rings. The Morgan fingerprint density at radius 1 is 0.923 bits per heavy atom. The SMILES string of the molecule is O=C(c1ccccc1NC(=O)C12CC3CC(CC(C3)C1)C2)N1CCCC1. The maximum Gasteiger partial charge on any atom is 0.255 e. The third kappa shape index (κ3) is 2.65. The molecule has 0 spiro atoms. The fourth-order valence-corrected chi connectivity index (χ4v) is 6.51. The van der Waals surface area contributed by atoms with Gasteiger partial charge < -0.3 is 10.2 Å². The zero-order valence-corrected chi connectivity index (χ0v) is 15.4. The predicted octanol–water partition coefficient (Wildman–Crippen LogP) is 4.08. The summed E-state index contributed by atoms with van der Waals surface area (Å²) in [5.74, 6) is 2.46. The van der Waals surface area contributed by atoms with Crippen LogP contribution in [0.3, 0.4) is 0 Å². The minimum Gasteiger partial charge on any atom is -0.339 e. The summed E-state index contributed by atoms with van der Waals surface area (Å²) in [6, 6.07) is 7.55. The van der Waals surface area contributed by atoms with E-state index in [1.807, 2.05) is 29.2 Å². The zero-order valence-electron chi connectivity index (χ0n) is 15.4. The van der Waals surface area contributed by atoms with E-state index < -0.39 is 0 Å². The van der Waals surface area contributed by atoms with Crippen LogP contribution in [0.15, 0.2) is 24.3 Å². The van der Waals surface area contributed by atoms with E-state index in [2.05, 4.69) is 5.32 Å². The van der Waals surface area contributed by atoms with Crippen LogP contribution in [0, 0.1) is 23.2 Å². The van der Waals surface area contributed by atoms with Crippen LogP contribution >= 0.6 is 0 Å². The van der Waals surface area contributed by atoms with Crippen molar-refractivity contribution < 1.29 is 9.59 Å². The second kappa shape index (κ2) is 6.11. The predicted molar refractivity (Wildman–Crippen MR) is 101 cm³/mol. The third-order valence-electron chi connectivity index (χ3n) is 7.32. The summed E-state index contributed by atoms with van der Waals surface area (Å²) in [7, 11) is 0. The molecule has 1 aliphatic heterocycles. The number of hydrogen-bond acceptors (Lipinski definition) is 2. The van der Waals surface area contributed by atoms with Gasteiger partial charge in [0.2, 0.25) is 5.91 Å². The fourth-order valence-electron chi connectivity index (χ4n) is 6.51. The van der Waals surface area contributed by atoms with Gasteiger partial charge >= 0.3 is 0 Å². The molecule has 6 rings (SSSR count). The normalized spacial score (nSPS) is 34.9. The second-order valence-electron chi connectivity index (χ2n) is 9.20. The van der Waals surface area contributed by atoms with Gasteiger partial charge in [0.05, 0.1) is 16.7 Å². The van der Waals surface area contributed by atoms with E-state index in [4.69, 9.17) is 0 Å². The van der Waals surface area contributed by atoms with Gasteiger partial charge in [-0.2, -0.15) is 0 Å². The molecule has 1 N–H and O–H groups in total. The monoisotopic (exact) mass is 352 g/mol. The Balaban J connectivity index is 1.38. The van der Waals surface area contributed by atoms with Crippen molar-refractivity contribution in [3.8, 4) is 0 Å². The summed E-state index contributed by atoms with van der Waals surface area (Å²) in [6.07, 6.45) is 9.29. The van der Waals surface area contributed by atoms with Crippen LogP contribution in [0.5, 0.6) is 0 Å². The number of rotatable bonds is 3. The van der Waals surface area contributed by atoms with Gasteiger partial charge in [-0.05, 0) is 81.3 Å². The Hall–Kier alpha value is -1.84. The number of amides is 2. The van der Waals surface area contributed by atoms with Crippen molar-refractivity contribution >= 4 is 17.5 Å². The molecule has 1 saturated heterocycles. The van der Waals surface area contributed by atoms with Crippen LogP contribution < -0.4 is 5.32 Å². The van der Waals surface area contributed by atoms with Gasteiger partial charge in [0.25, 0.3) is 5.91 Å². The number of anilines is 1. The summed E-state index contributed by atoms with van der Waals surface area (Å²) >= 11 is 0. The lowest BCUT2D eigenvalue weighted by Gasteiger charge is -2.55. The maximum absolute atomic E-state index is 13.3. The Morgan fingerprint density at radius 3 is 2.12 bits per heavy atom. The first-order valence-electron chi connectivity index (χ1n) is 10.3. The molecule has 2 amide bonds. The fraction of sp³-hybridized carbons (Fsp3) is 0.636. The summed E-state index contributed by atoms with van der Waals surface area (Å²) in [5, 5.41) is 3.19. The van der Waals surface area contributed by atoms with Gasteiger partial charge in [0.15, 0.2) is 0 Å². The van der Waals surface area contributed by atoms with Crippen molar-refractivity contribution in [3.63, 3.8) is 0 Å². The molecule has 138 valence electrons. The number of likely N-dealkylation sites (tertiary alicyclic amines) is 1. The van der Waals surface area contributed by atoms with Gasteiger partial charge in [-0.15, -0.1) is 0 Å². The molecular weight excluding hydrogens is 324 g/mol. The molecule has 1 heterocycles. The minimum atomic E-state index is -0.182. The van der Waals surface area contributed by atoms with Crippen LogP contribution in [-0.4, -0.2) is 29.8 Å². The Labute approximate surface area is 155 Å². The highest BCUT2D eigenvalue weighted by Gasteiger charge is 2.54. The highest BCUT2D eigenvalue weighted by molar-refractivity contribution is 6.05. The highest BCUT2D eigenvalue weighted by Crippen LogP contribution is 2.60. The molecule has 26 heavy (non-hydrogen) atoms. The summed E-state index contributed by atoms with van der Waals surface area (Å²) in [6.45, 7) is 1.66. The molecule has 4 saturated carbocycles. The van der Waals surface area contributed by atoms with E-state index in [1.54, 1.807) is 0 Å². The number of carbonyl (C=O) groups is 2. The van der Waals surface area contributed by atoms with Crippen LogP contribution in [0.4, 0.5) is 5.69 Å². The van der Waals surface area contributed by atoms with Gasteiger partial charge in [0, 0.05) is 13.1 Å². The molecule has 1 aromatic carbocycles. The maximum atomic E-state index is 13.3.